The Balaban J connectivity index is 0.000000175. The standard InChI is InChI=1S/C11H13N3.C9H18.C8H16/c1-8-12-10-7-5-4-6-9(10)11(13-8)14(2)3;1-3-9-6-4-8(2)5-7-9;1-2-5-8-6-3-4-7-8/h4-7H,1-3H3;8-9H,3-7H2,1-2H3;8H,2-7H2,1H3. The Hall–Kier alpha value is -1.64. The first kappa shape index (κ1) is 25.6. The van der Waals surface area contributed by atoms with E-state index in [9.17, 15) is 0 Å². The van der Waals surface area contributed by atoms with Crippen LogP contribution in [0.15, 0.2) is 24.3 Å². The van der Waals surface area contributed by atoms with Crippen molar-refractivity contribution in [3.05, 3.63) is 30.1 Å². The molecule has 4 rings (SSSR count). The van der Waals surface area contributed by atoms with Gasteiger partial charge in [0.1, 0.15) is 11.6 Å². The summed E-state index contributed by atoms with van der Waals surface area (Å²) in [5.41, 5.74) is 1.00. The zero-order chi connectivity index (χ0) is 22.6. The summed E-state index contributed by atoms with van der Waals surface area (Å²) in [4.78, 5) is 10.8. The Kier molecular flexibility index (Phi) is 11.3. The minimum atomic E-state index is 0.812. The van der Waals surface area contributed by atoms with Crippen molar-refractivity contribution < 1.29 is 0 Å². The molecule has 0 aliphatic heterocycles. The van der Waals surface area contributed by atoms with Crippen molar-refractivity contribution in [2.75, 3.05) is 19.0 Å². The first-order valence-corrected chi connectivity index (χ1v) is 12.8. The number of anilines is 1. The van der Waals surface area contributed by atoms with E-state index >= 15 is 0 Å². The molecule has 174 valence electrons. The van der Waals surface area contributed by atoms with E-state index < -0.39 is 0 Å². The third-order valence-corrected chi connectivity index (χ3v) is 7.00. The minimum absolute atomic E-state index is 0.812. The van der Waals surface area contributed by atoms with Crippen LogP contribution in [0.2, 0.25) is 0 Å². The monoisotopic (exact) mass is 425 g/mol. The van der Waals surface area contributed by atoms with Crippen molar-refractivity contribution in [3.8, 4) is 0 Å². The summed E-state index contributed by atoms with van der Waals surface area (Å²) >= 11 is 0. The summed E-state index contributed by atoms with van der Waals surface area (Å²) in [7, 11) is 3.99. The molecule has 2 aromatic rings. The van der Waals surface area contributed by atoms with Gasteiger partial charge in [-0.2, -0.15) is 0 Å². The molecule has 1 heterocycles. The normalized spacial score (nSPS) is 21.1. The molecule has 0 amide bonds. The Bertz CT molecular complexity index is 741. The Morgan fingerprint density at radius 3 is 2.10 bits per heavy atom. The van der Waals surface area contributed by atoms with Gasteiger partial charge in [-0.1, -0.05) is 104 Å². The molecule has 0 bridgehead atoms. The summed E-state index contributed by atoms with van der Waals surface area (Å²) in [6.45, 7) is 8.91. The second-order valence-electron chi connectivity index (χ2n) is 9.98. The highest BCUT2D eigenvalue weighted by Crippen LogP contribution is 2.30. The highest BCUT2D eigenvalue weighted by molar-refractivity contribution is 5.89. The second-order valence-corrected chi connectivity index (χ2v) is 9.98. The smallest absolute Gasteiger partial charge is 0.139 e. The van der Waals surface area contributed by atoms with E-state index in [1.165, 1.54) is 70.6 Å². The number of benzene rings is 1. The van der Waals surface area contributed by atoms with Crippen molar-refractivity contribution in [2.24, 2.45) is 17.8 Å². The van der Waals surface area contributed by atoms with Crippen LogP contribution in [0.25, 0.3) is 10.9 Å². The number of hydrogen-bond acceptors (Lipinski definition) is 3. The number of aromatic nitrogens is 2. The predicted molar refractivity (Wildman–Crippen MR) is 137 cm³/mol. The van der Waals surface area contributed by atoms with Gasteiger partial charge in [0.05, 0.1) is 5.52 Å². The number of fused-ring (bicyclic) bond motifs is 1. The highest BCUT2D eigenvalue weighted by Gasteiger charge is 2.15. The fourth-order valence-electron chi connectivity index (χ4n) is 4.96. The molecular formula is C28H47N3. The summed E-state index contributed by atoms with van der Waals surface area (Å²) in [6.07, 6.45) is 16.3. The molecule has 2 aliphatic carbocycles. The molecule has 1 aromatic carbocycles. The molecule has 3 heteroatoms. The number of hydrogen-bond donors (Lipinski definition) is 0. The van der Waals surface area contributed by atoms with Crippen molar-refractivity contribution in [1.82, 2.24) is 9.97 Å². The molecule has 0 unspecified atom stereocenters. The molecule has 0 spiro atoms. The summed E-state index contributed by atoms with van der Waals surface area (Å²) in [6, 6.07) is 8.06. The van der Waals surface area contributed by atoms with Crippen LogP contribution >= 0.6 is 0 Å². The first-order valence-electron chi connectivity index (χ1n) is 12.8. The van der Waals surface area contributed by atoms with E-state index in [1.807, 2.05) is 50.2 Å². The molecule has 2 saturated carbocycles. The van der Waals surface area contributed by atoms with Gasteiger partial charge in [-0.25, -0.2) is 9.97 Å². The van der Waals surface area contributed by atoms with E-state index in [2.05, 4.69) is 30.7 Å². The number of rotatable bonds is 4. The van der Waals surface area contributed by atoms with Crippen LogP contribution in [0.1, 0.15) is 97.2 Å². The fourth-order valence-corrected chi connectivity index (χ4v) is 4.96. The third kappa shape index (κ3) is 8.79. The number of nitrogens with zero attached hydrogens (tertiary/aromatic N) is 3. The van der Waals surface area contributed by atoms with Crippen LogP contribution in [0.4, 0.5) is 5.82 Å². The quantitative estimate of drug-likeness (QED) is 0.494. The van der Waals surface area contributed by atoms with Gasteiger partial charge in [-0.3, -0.25) is 0 Å². The molecule has 31 heavy (non-hydrogen) atoms. The van der Waals surface area contributed by atoms with Gasteiger partial charge in [-0.15, -0.1) is 0 Å². The lowest BCUT2D eigenvalue weighted by atomic mass is 9.82. The van der Waals surface area contributed by atoms with Gasteiger partial charge in [0.25, 0.3) is 0 Å². The average molecular weight is 426 g/mol. The van der Waals surface area contributed by atoms with Gasteiger partial charge in [0, 0.05) is 19.5 Å². The summed E-state index contributed by atoms with van der Waals surface area (Å²) < 4.78 is 0. The SMILES string of the molecule is CCC1CCC(C)CC1.CCCC1CCCC1.Cc1nc(N(C)C)c2ccccc2n1. The summed E-state index contributed by atoms with van der Waals surface area (Å²) in [5, 5.41) is 1.10. The first-order chi connectivity index (χ1) is 14.9. The molecule has 0 N–H and O–H groups in total. The van der Waals surface area contributed by atoms with Gasteiger partial charge in [0.15, 0.2) is 0 Å². The topological polar surface area (TPSA) is 29.0 Å². The zero-order valence-corrected chi connectivity index (χ0v) is 21.2. The van der Waals surface area contributed by atoms with Gasteiger partial charge in [-0.05, 0) is 36.8 Å². The van der Waals surface area contributed by atoms with Gasteiger partial charge < -0.3 is 4.90 Å². The van der Waals surface area contributed by atoms with Crippen LogP contribution in [-0.2, 0) is 0 Å². The lowest BCUT2D eigenvalue weighted by molar-refractivity contribution is 0.284. The molecule has 0 radical (unpaired) electrons. The van der Waals surface area contributed by atoms with Crippen molar-refractivity contribution in [2.45, 2.75) is 98.3 Å². The minimum Gasteiger partial charge on any atom is -0.362 e. The van der Waals surface area contributed by atoms with Crippen LogP contribution in [-0.4, -0.2) is 24.1 Å². The fraction of sp³-hybridized carbons (Fsp3) is 0.714. The van der Waals surface area contributed by atoms with Gasteiger partial charge in [0.2, 0.25) is 0 Å². The Morgan fingerprint density at radius 2 is 1.52 bits per heavy atom. The molecule has 3 nitrogen and oxygen atoms in total. The largest absolute Gasteiger partial charge is 0.362 e. The molecule has 1 aromatic heterocycles. The maximum atomic E-state index is 4.42. The predicted octanol–water partition coefficient (Wildman–Crippen LogP) is 8.20. The maximum absolute atomic E-state index is 4.42. The average Bonchev–Trinajstić information content (AvgIpc) is 3.28. The lowest BCUT2D eigenvalue weighted by Crippen LogP contribution is -2.12. The van der Waals surface area contributed by atoms with Crippen LogP contribution in [0.5, 0.6) is 0 Å². The molecule has 2 fully saturated rings. The number of para-hydroxylation sites is 1. The van der Waals surface area contributed by atoms with E-state index in [4.69, 9.17) is 0 Å². The van der Waals surface area contributed by atoms with E-state index in [0.717, 1.165) is 40.3 Å². The van der Waals surface area contributed by atoms with Crippen molar-refractivity contribution in [1.29, 1.82) is 0 Å². The molecule has 0 atom stereocenters. The van der Waals surface area contributed by atoms with Gasteiger partial charge >= 0.3 is 0 Å². The highest BCUT2D eigenvalue weighted by atomic mass is 15.1. The van der Waals surface area contributed by atoms with Crippen molar-refractivity contribution in [3.63, 3.8) is 0 Å². The Morgan fingerprint density at radius 1 is 0.871 bits per heavy atom. The van der Waals surface area contributed by atoms with Crippen LogP contribution in [0.3, 0.4) is 0 Å². The molecule has 2 aliphatic rings. The lowest BCUT2D eigenvalue weighted by Gasteiger charge is -2.24. The second kappa shape index (κ2) is 13.7. The van der Waals surface area contributed by atoms with Crippen molar-refractivity contribution >= 4 is 16.7 Å². The molecule has 0 saturated heterocycles. The summed E-state index contributed by atoms with van der Waals surface area (Å²) in [5.74, 6) is 4.99. The Labute approximate surface area is 192 Å². The van der Waals surface area contributed by atoms with E-state index in [0.29, 0.717) is 0 Å². The van der Waals surface area contributed by atoms with E-state index in [1.54, 1.807) is 0 Å². The molecular weight excluding hydrogens is 378 g/mol. The van der Waals surface area contributed by atoms with Crippen LogP contribution < -0.4 is 4.90 Å². The maximum Gasteiger partial charge on any atom is 0.139 e. The van der Waals surface area contributed by atoms with E-state index in [-0.39, 0.29) is 0 Å². The zero-order valence-electron chi connectivity index (χ0n) is 21.2. The number of aryl methyl sites for hydroxylation is 1. The third-order valence-electron chi connectivity index (χ3n) is 7.00. The van der Waals surface area contributed by atoms with Crippen LogP contribution in [0, 0.1) is 24.7 Å².